The van der Waals surface area contributed by atoms with E-state index in [1.807, 2.05) is 13.8 Å². The van der Waals surface area contributed by atoms with Crippen LogP contribution in [0, 0.1) is 11.8 Å². The summed E-state index contributed by atoms with van der Waals surface area (Å²) in [7, 11) is 0. The van der Waals surface area contributed by atoms with Gasteiger partial charge in [0.05, 0.1) is 12.0 Å². The largest absolute Gasteiger partial charge is 0.481 e. The molecule has 1 N–H and O–H groups in total. The summed E-state index contributed by atoms with van der Waals surface area (Å²) in [5, 5.41) is 9.09. The number of carbonyl (C=O) groups excluding carboxylic acids is 1. The lowest BCUT2D eigenvalue weighted by Gasteiger charge is -2.32. The smallest absolute Gasteiger partial charge is 0.308 e. The molecule has 0 radical (unpaired) electrons. The Morgan fingerprint density at radius 2 is 2.18 bits per heavy atom. The lowest BCUT2D eigenvalue weighted by Crippen LogP contribution is -2.43. The van der Waals surface area contributed by atoms with Crippen molar-refractivity contribution in [3.05, 3.63) is 0 Å². The maximum Gasteiger partial charge on any atom is 0.308 e. The summed E-state index contributed by atoms with van der Waals surface area (Å²) in [4.78, 5) is 25.5. The molecule has 1 saturated heterocycles. The SMILES string of the molecule is CCOCCCN(CC(C)C(=O)O)C(=O)C1CCOC(C)C1. The van der Waals surface area contributed by atoms with Crippen molar-refractivity contribution in [1.29, 1.82) is 0 Å². The van der Waals surface area contributed by atoms with E-state index in [0.717, 1.165) is 6.42 Å². The molecule has 22 heavy (non-hydrogen) atoms. The third-order valence-electron chi connectivity index (χ3n) is 3.98. The number of carboxylic acids is 1. The molecular weight excluding hydrogens is 286 g/mol. The van der Waals surface area contributed by atoms with Gasteiger partial charge in [0.15, 0.2) is 0 Å². The van der Waals surface area contributed by atoms with Gasteiger partial charge in [-0.25, -0.2) is 0 Å². The van der Waals surface area contributed by atoms with Gasteiger partial charge < -0.3 is 19.5 Å². The molecule has 6 heteroatoms. The zero-order valence-corrected chi connectivity index (χ0v) is 13.9. The summed E-state index contributed by atoms with van der Waals surface area (Å²) in [6, 6.07) is 0. The number of carbonyl (C=O) groups is 2. The molecule has 1 amide bonds. The highest BCUT2D eigenvalue weighted by atomic mass is 16.5. The third kappa shape index (κ3) is 6.32. The Bertz CT molecular complexity index is 360. The fraction of sp³-hybridized carbons (Fsp3) is 0.875. The van der Waals surface area contributed by atoms with E-state index in [2.05, 4.69) is 0 Å². The summed E-state index contributed by atoms with van der Waals surface area (Å²) in [6.07, 6.45) is 2.24. The third-order valence-corrected chi connectivity index (χ3v) is 3.98. The van der Waals surface area contributed by atoms with E-state index in [9.17, 15) is 9.59 Å². The van der Waals surface area contributed by atoms with Crippen LogP contribution in [-0.2, 0) is 19.1 Å². The second-order valence-electron chi connectivity index (χ2n) is 5.98. The van der Waals surface area contributed by atoms with E-state index in [1.165, 1.54) is 0 Å². The Kier molecular flexibility index (Phi) is 8.42. The minimum Gasteiger partial charge on any atom is -0.481 e. The van der Waals surface area contributed by atoms with Crippen LogP contribution in [0.25, 0.3) is 0 Å². The molecule has 0 saturated carbocycles. The molecule has 3 unspecified atom stereocenters. The maximum atomic E-state index is 12.7. The van der Waals surface area contributed by atoms with Gasteiger partial charge in [0.2, 0.25) is 5.91 Å². The molecule has 1 aliphatic rings. The number of aliphatic carboxylic acids is 1. The monoisotopic (exact) mass is 315 g/mol. The van der Waals surface area contributed by atoms with E-state index in [4.69, 9.17) is 14.6 Å². The molecule has 0 bridgehead atoms. The van der Waals surface area contributed by atoms with Gasteiger partial charge in [-0.15, -0.1) is 0 Å². The van der Waals surface area contributed by atoms with Gasteiger partial charge in [-0.1, -0.05) is 6.92 Å². The zero-order valence-electron chi connectivity index (χ0n) is 13.9. The first kappa shape index (κ1) is 18.9. The molecule has 0 aromatic rings. The quantitative estimate of drug-likeness (QED) is 0.656. The van der Waals surface area contributed by atoms with Crippen molar-refractivity contribution < 1.29 is 24.2 Å². The molecule has 1 rings (SSSR count). The van der Waals surface area contributed by atoms with Crippen LogP contribution in [0.5, 0.6) is 0 Å². The summed E-state index contributed by atoms with van der Waals surface area (Å²) >= 11 is 0. The molecule has 0 spiro atoms. The van der Waals surface area contributed by atoms with E-state index in [0.29, 0.717) is 39.2 Å². The van der Waals surface area contributed by atoms with Crippen molar-refractivity contribution in [3.8, 4) is 0 Å². The molecule has 1 heterocycles. The molecule has 0 aromatic carbocycles. The van der Waals surface area contributed by atoms with Gasteiger partial charge in [0, 0.05) is 38.8 Å². The normalized spacial score (nSPS) is 23.0. The number of nitrogens with zero attached hydrogens (tertiary/aromatic N) is 1. The molecule has 0 aliphatic carbocycles. The van der Waals surface area contributed by atoms with Crippen molar-refractivity contribution in [2.45, 2.75) is 46.1 Å². The molecule has 128 valence electrons. The second kappa shape index (κ2) is 9.79. The number of hydrogen-bond donors (Lipinski definition) is 1. The van der Waals surface area contributed by atoms with Gasteiger partial charge in [-0.3, -0.25) is 9.59 Å². The maximum absolute atomic E-state index is 12.7. The van der Waals surface area contributed by atoms with E-state index in [-0.39, 0.29) is 24.5 Å². The predicted octanol–water partition coefficient (Wildman–Crippen LogP) is 1.78. The van der Waals surface area contributed by atoms with Crippen LogP contribution in [0.3, 0.4) is 0 Å². The van der Waals surface area contributed by atoms with E-state index >= 15 is 0 Å². The number of carboxylic acid groups (broad SMARTS) is 1. The highest BCUT2D eigenvalue weighted by Crippen LogP contribution is 2.22. The lowest BCUT2D eigenvalue weighted by molar-refractivity contribution is -0.145. The topological polar surface area (TPSA) is 76.1 Å². The van der Waals surface area contributed by atoms with Crippen LogP contribution < -0.4 is 0 Å². The molecule has 6 nitrogen and oxygen atoms in total. The van der Waals surface area contributed by atoms with Crippen molar-refractivity contribution in [2.75, 3.05) is 32.9 Å². The fourth-order valence-corrected chi connectivity index (χ4v) is 2.68. The Balaban J connectivity index is 2.61. The van der Waals surface area contributed by atoms with Crippen molar-refractivity contribution in [2.24, 2.45) is 11.8 Å². The van der Waals surface area contributed by atoms with Crippen LogP contribution in [0.4, 0.5) is 0 Å². The minimum absolute atomic E-state index is 0.0553. The number of hydrogen-bond acceptors (Lipinski definition) is 4. The summed E-state index contributed by atoms with van der Waals surface area (Å²) in [5.41, 5.74) is 0. The average molecular weight is 315 g/mol. The number of amides is 1. The second-order valence-corrected chi connectivity index (χ2v) is 5.98. The fourth-order valence-electron chi connectivity index (χ4n) is 2.68. The number of rotatable bonds is 9. The first-order valence-corrected chi connectivity index (χ1v) is 8.16. The van der Waals surface area contributed by atoms with Gasteiger partial charge in [0.1, 0.15) is 0 Å². The Morgan fingerprint density at radius 3 is 2.77 bits per heavy atom. The highest BCUT2D eigenvalue weighted by Gasteiger charge is 2.30. The van der Waals surface area contributed by atoms with Gasteiger partial charge in [-0.05, 0) is 33.1 Å². The summed E-state index contributed by atoms with van der Waals surface area (Å²) in [6.45, 7) is 8.17. The molecule has 0 aromatic heterocycles. The number of ether oxygens (including phenoxy) is 2. The van der Waals surface area contributed by atoms with Crippen LogP contribution in [-0.4, -0.2) is 60.9 Å². The van der Waals surface area contributed by atoms with Crippen LogP contribution in [0.15, 0.2) is 0 Å². The first-order valence-electron chi connectivity index (χ1n) is 8.16. The Labute approximate surface area is 132 Å². The average Bonchev–Trinajstić information content (AvgIpc) is 2.49. The van der Waals surface area contributed by atoms with Gasteiger partial charge in [0.25, 0.3) is 0 Å². The Morgan fingerprint density at radius 1 is 1.45 bits per heavy atom. The predicted molar refractivity (Wildman–Crippen MR) is 82.6 cm³/mol. The van der Waals surface area contributed by atoms with E-state index < -0.39 is 11.9 Å². The van der Waals surface area contributed by atoms with Crippen molar-refractivity contribution >= 4 is 11.9 Å². The van der Waals surface area contributed by atoms with Crippen LogP contribution in [0.1, 0.15) is 40.0 Å². The molecule has 1 fully saturated rings. The zero-order chi connectivity index (χ0) is 16.5. The minimum atomic E-state index is -0.872. The standard InChI is InChI=1S/C16H29NO5/c1-4-21-8-5-7-17(11-12(2)16(19)20)15(18)14-6-9-22-13(3)10-14/h12-14H,4-11H2,1-3H3,(H,19,20). The van der Waals surface area contributed by atoms with Gasteiger partial charge in [-0.2, -0.15) is 0 Å². The molecular formula is C16H29NO5. The molecule has 3 atom stereocenters. The first-order chi connectivity index (χ1) is 10.5. The van der Waals surface area contributed by atoms with Crippen molar-refractivity contribution in [1.82, 2.24) is 4.90 Å². The van der Waals surface area contributed by atoms with Crippen LogP contribution >= 0.6 is 0 Å². The summed E-state index contributed by atoms with van der Waals surface area (Å²) < 4.78 is 10.8. The van der Waals surface area contributed by atoms with Crippen LogP contribution in [0.2, 0.25) is 0 Å². The Hall–Kier alpha value is -1.14. The lowest BCUT2D eigenvalue weighted by atomic mass is 9.94. The summed E-state index contributed by atoms with van der Waals surface area (Å²) in [5.74, 6) is -1.44. The van der Waals surface area contributed by atoms with Crippen molar-refractivity contribution in [3.63, 3.8) is 0 Å². The highest BCUT2D eigenvalue weighted by molar-refractivity contribution is 5.80. The van der Waals surface area contributed by atoms with E-state index in [1.54, 1.807) is 11.8 Å². The molecule has 1 aliphatic heterocycles. The van der Waals surface area contributed by atoms with Gasteiger partial charge >= 0.3 is 5.97 Å².